The number of aromatic nitrogens is 2. The van der Waals surface area contributed by atoms with Gasteiger partial charge in [0.1, 0.15) is 23.9 Å². The monoisotopic (exact) mass is 415 g/mol. The van der Waals surface area contributed by atoms with Crippen LogP contribution in [0.15, 0.2) is 53.3 Å². The average molecular weight is 416 g/mol. The van der Waals surface area contributed by atoms with E-state index in [4.69, 9.17) is 16.3 Å². The molecular weight excluding hydrogens is 397 g/mol. The Kier molecular flexibility index (Phi) is 6.29. The average Bonchev–Trinajstić information content (AvgIpc) is 2.70. The number of benzene rings is 2. The van der Waals surface area contributed by atoms with Crippen molar-refractivity contribution < 1.29 is 13.9 Å². The molecule has 1 aromatic heterocycles. The predicted octanol–water partition coefficient (Wildman–Crippen LogP) is 3.91. The minimum atomic E-state index is -0.428. The number of hydrogen-bond acceptors (Lipinski definition) is 4. The number of carbonyl (C=O) groups excluding carboxylic acids is 1. The number of nitrogens with zero attached hydrogens (tertiary/aromatic N) is 2. The van der Waals surface area contributed by atoms with Crippen molar-refractivity contribution in [1.29, 1.82) is 0 Å². The highest BCUT2D eigenvalue weighted by Gasteiger charge is 2.14. The van der Waals surface area contributed by atoms with E-state index in [2.05, 4.69) is 10.3 Å². The zero-order valence-electron chi connectivity index (χ0n) is 15.9. The molecule has 1 heterocycles. The molecule has 0 radical (unpaired) electrons. The molecule has 150 valence electrons. The van der Waals surface area contributed by atoms with Gasteiger partial charge in [-0.05, 0) is 48.9 Å². The van der Waals surface area contributed by atoms with Crippen LogP contribution in [0.5, 0.6) is 5.75 Å². The van der Waals surface area contributed by atoms with Gasteiger partial charge in [-0.3, -0.25) is 14.2 Å². The van der Waals surface area contributed by atoms with Gasteiger partial charge >= 0.3 is 0 Å². The lowest BCUT2D eigenvalue weighted by molar-refractivity contribution is -0.116. The van der Waals surface area contributed by atoms with Crippen molar-refractivity contribution in [3.05, 3.63) is 75.4 Å². The largest absolute Gasteiger partial charge is 0.495 e. The van der Waals surface area contributed by atoms with Crippen molar-refractivity contribution in [1.82, 2.24) is 9.55 Å². The number of rotatable bonds is 6. The van der Waals surface area contributed by atoms with Crippen LogP contribution in [0.25, 0.3) is 11.4 Å². The molecule has 29 heavy (non-hydrogen) atoms. The van der Waals surface area contributed by atoms with Gasteiger partial charge in [0.15, 0.2) is 0 Å². The van der Waals surface area contributed by atoms with E-state index in [-0.39, 0.29) is 12.1 Å². The zero-order valence-corrected chi connectivity index (χ0v) is 16.7. The molecule has 0 fully saturated rings. The zero-order chi connectivity index (χ0) is 21.0. The molecule has 0 saturated carbocycles. The Hall–Kier alpha value is -3.19. The molecular formula is C21H19ClFN3O3. The molecule has 0 bridgehead atoms. The minimum absolute atomic E-state index is 0.258. The Labute approximate surface area is 171 Å². The highest BCUT2D eigenvalue weighted by molar-refractivity contribution is 6.32. The number of ether oxygens (including phenoxy) is 1. The standard InChI is InChI=1S/C21H19ClFN3O3/c1-3-15-11-20(28)26(21(25-15)13-4-6-14(23)7-5-13)12-19(27)24-16-8-9-18(29-2)17(22)10-16/h4-11H,3,12H2,1-2H3,(H,24,27). The van der Waals surface area contributed by atoms with E-state index in [1.807, 2.05) is 6.92 Å². The fourth-order valence-corrected chi connectivity index (χ4v) is 3.05. The van der Waals surface area contributed by atoms with Crippen molar-refractivity contribution in [2.24, 2.45) is 0 Å². The maximum Gasteiger partial charge on any atom is 0.254 e. The van der Waals surface area contributed by atoms with Crippen LogP contribution in [0, 0.1) is 5.82 Å². The first kappa shape index (κ1) is 20.5. The summed E-state index contributed by atoms with van der Waals surface area (Å²) in [5, 5.41) is 3.05. The maximum absolute atomic E-state index is 13.3. The van der Waals surface area contributed by atoms with E-state index < -0.39 is 11.7 Å². The third kappa shape index (κ3) is 4.81. The quantitative estimate of drug-likeness (QED) is 0.662. The number of hydrogen-bond donors (Lipinski definition) is 1. The van der Waals surface area contributed by atoms with Crippen LogP contribution < -0.4 is 15.6 Å². The van der Waals surface area contributed by atoms with Crippen molar-refractivity contribution in [3.63, 3.8) is 0 Å². The molecule has 6 nitrogen and oxygen atoms in total. The summed E-state index contributed by atoms with van der Waals surface area (Å²) in [5.74, 6) is -0.0396. The molecule has 1 N–H and O–H groups in total. The van der Waals surface area contributed by atoms with Gasteiger partial charge in [0.05, 0.1) is 12.1 Å². The van der Waals surface area contributed by atoms with E-state index in [1.165, 1.54) is 42.0 Å². The second-order valence-corrected chi connectivity index (χ2v) is 6.66. The summed E-state index contributed by atoms with van der Waals surface area (Å²) >= 11 is 6.08. The fraction of sp³-hybridized carbons (Fsp3) is 0.190. The Balaban J connectivity index is 1.91. The highest BCUT2D eigenvalue weighted by Crippen LogP contribution is 2.27. The summed E-state index contributed by atoms with van der Waals surface area (Å²) in [5.41, 5.74) is 1.24. The van der Waals surface area contributed by atoms with Gasteiger partial charge in [0.2, 0.25) is 5.91 Å². The van der Waals surface area contributed by atoms with Crippen molar-refractivity contribution in [3.8, 4) is 17.1 Å². The van der Waals surface area contributed by atoms with Gasteiger partial charge in [0.25, 0.3) is 5.56 Å². The molecule has 0 aliphatic carbocycles. The molecule has 0 saturated heterocycles. The first-order valence-electron chi connectivity index (χ1n) is 8.91. The van der Waals surface area contributed by atoms with Gasteiger partial charge in [-0.1, -0.05) is 18.5 Å². The molecule has 3 rings (SSSR count). The number of carbonyl (C=O) groups is 1. The number of methoxy groups -OCH3 is 1. The summed E-state index contributed by atoms with van der Waals surface area (Å²) in [4.78, 5) is 29.6. The number of anilines is 1. The lowest BCUT2D eigenvalue weighted by Gasteiger charge is -2.14. The summed E-state index contributed by atoms with van der Waals surface area (Å²) in [7, 11) is 1.50. The van der Waals surface area contributed by atoms with Gasteiger partial charge in [-0.25, -0.2) is 9.37 Å². The van der Waals surface area contributed by atoms with Crippen LogP contribution in [-0.2, 0) is 17.8 Å². The van der Waals surface area contributed by atoms with Crippen molar-refractivity contribution >= 4 is 23.2 Å². The number of aryl methyl sites for hydroxylation is 1. The summed E-state index contributed by atoms with van der Waals surface area (Å²) in [6.45, 7) is 1.62. The van der Waals surface area contributed by atoms with E-state index in [9.17, 15) is 14.0 Å². The van der Waals surface area contributed by atoms with Gasteiger partial charge in [-0.15, -0.1) is 0 Å². The molecule has 0 aliphatic rings. The predicted molar refractivity (Wildman–Crippen MR) is 110 cm³/mol. The van der Waals surface area contributed by atoms with E-state index >= 15 is 0 Å². The first-order chi connectivity index (χ1) is 13.9. The van der Waals surface area contributed by atoms with Crippen LogP contribution in [0.3, 0.4) is 0 Å². The number of halogens is 2. The lowest BCUT2D eigenvalue weighted by atomic mass is 10.2. The smallest absolute Gasteiger partial charge is 0.254 e. The Bertz CT molecular complexity index is 1100. The van der Waals surface area contributed by atoms with Crippen LogP contribution in [0.1, 0.15) is 12.6 Å². The Morgan fingerprint density at radius 3 is 2.55 bits per heavy atom. The van der Waals surface area contributed by atoms with Crippen molar-refractivity contribution in [2.75, 3.05) is 12.4 Å². The van der Waals surface area contributed by atoms with E-state index in [0.29, 0.717) is 40.0 Å². The summed E-state index contributed by atoms with van der Waals surface area (Å²) in [6, 6.07) is 11.8. The van der Waals surface area contributed by atoms with Crippen LogP contribution >= 0.6 is 11.6 Å². The first-order valence-corrected chi connectivity index (χ1v) is 9.29. The summed E-state index contributed by atoms with van der Waals surface area (Å²) in [6.07, 6.45) is 0.556. The van der Waals surface area contributed by atoms with Crippen LogP contribution in [0.4, 0.5) is 10.1 Å². The highest BCUT2D eigenvalue weighted by atomic mass is 35.5. The van der Waals surface area contributed by atoms with Gasteiger partial charge in [-0.2, -0.15) is 0 Å². The van der Waals surface area contributed by atoms with Gasteiger partial charge in [0, 0.05) is 23.0 Å². The van der Waals surface area contributed by atoms with Gasteiger partial charge < -0.3 is 10.1 Å². The lowest BCUT2D eigenvalue weighted by Crippen LogP contribution is -2.30. The minimum Gasteiger partial charge on any atom is -0.495 e. The second kappa shape index (κ2) is 8.87. The van der Waals surface area contributed by atoms with E-state index in [1.54, 1.807) is 18.2 Å². The number of nitrogens with one attached hydrogen (secondary N) is 1. The SMILES string of the molecule is CCc1cc(=O)n(CC(=O)Nc2ccc(OC)c(Cl)c2)c(-c2ccc(F)cc2)n1. The molecule has 0 spiro atoms. The molecule has 2 aromatic carbocycles. The summed E-state index contributed by atoms with van der Waals surface area (Å²) < 4.78 is 19.6. The molecule has 0 unspecified atom stereocenters. The Morgan fingerprint density at radius 2 is 1.93 bits per heavy atom. The van der Waals surface area contributed by atoms with Crippen LogP contribution in [-0.4, -0.2) is 22.6 Å². The third-order valence-electron chi connectivity index (χ3n) is 4.26. The number of amides is 1. The molecule has 1 amide bonds. The molecule has 0 aliphatic heterocycles. The normalized spacial score (nSPS) is 10.6. The van der Waals surface area contributed by atoms with Crippen LogP contribution in [0.2, 0.25) is 5.02 Å². The van der Waals surface area contributed by atoms with E-state index in [0.717, 1.165) is 0 Å². The maximum atomic E-state index is 13.3. The molecule has 8 heteroatoms. The molecule has 0 atom stereocenters. The Morgan fingerprint density at radius 1 is 1.21 bits per heavy atom. The van der Waals surface area contributed by atoms with Crippen molar-refractivity contribution in [2.45, 2.75) is 19.9 Å². The fourth-order valence-electron chi connectivity index (χ4n) is 2.80. The second-order valence-electron chi connectivity index (χ2n) is 6.25. The topological polar surface area (TPSA) is 73.2 Å². The third-order valence-corrected chi connectivity index (χ3v) is 4.56. The molecule has 3 aromatic rings.